The average Bonchev–Trinajstić information content (AvgIpc) is 2.49. The zero-order valence-electron chi connectivity index (χ0n) is 12.6. The van der Waals surface area contributed by atoms with Gasteiger partial charge >= 0.3 is 0 Å². The number of rotatable bonds is 7. The van der Waals surface area contributed by atoms with E-state index in [1.807, 2.05) is 24.4 Å². The Hall–Kier alpha value is -1.58. The van der Waals surface area contributed by atoms with Gasteiger partial charge in [0.05, 0.1) is 0 Å². The molecule has 21 heavy (non-hydrogen) atoms. The molecule has 1 heterocycles. The molecule has 0 aliphatic carbocycles. The van der Waals surface area contributed by atoms with Gasteiger partial charge in [-0.05, 0) is 42.8 Å². The molecule has 2 rings (SSSR count). The number of anilines is 1. The number of nitrogens with one attached hydrogen (secondary N) is 1. The van der Waals surface area contributed by atoms with E-state index in [0.29, 0.717) is 0 Å². The van der Waals surface area contributed by atoms with Gasteiger partial charge in [0, 0.05) is 30.9 Å². The Morgan fingerprint density at radius 1 is 1.05 bits per heavy atom. The lowest BCUT2D eigenvalue weighted by Crippen LogP contribution is -2.17. The molecule has 112 valence electrons. The van der Waals surface area contributed by atoms with Crippen LogP contribution in [0.3, 0.4) is 0 Å². The highest BCUT2D eigenvalue weighted by Gasteiger charge is 2.03. The molecule has 0 atom stereocenters. The van der Waals surface area contributed by atoms with Crippen LogP contribution in [-0.4, -0.2) is 23.5 Å². The Labute approximate surface area is 132 Å². The zero-order valence-corrected chi connectivity index (χ0v) is 13.4. The maximum Gasteiger partial charge on any atom is 0.125 e. The van der Waals surface area contributed by atoms with Crippen molar-refractivity contribution in [2.24, 2.45) is 0 Å². The van der Waals surface area contributed by atoms with Gasteiger partial charge in [-0.25, -0.2) is 4.98 Å². The topological polar surface area (TPSA) is 28.2 Å². The summed E-state index contributed by atoms with van der Waals surface area (Å²) in [5, 5.41) is 4.06. The summed E-state index contributed by atoms with van der Waals surface area (Å²) in [6.07, 6.45) is 3.05. The summed E-state index contributed by atoms with van der Waals surface area (Å²) in [5.41, 5.74) is 2.48. The van der Waals surface area contributed by atoms with Crippen molar-refractivity contribution >= 4 is 17.4 Å². The molecule has 0 amide bonds. The molecule has 4 heteroatoms. The number of pyridine rings is 1. The van der Waals surface area contributed by atoms with Crippen molar-refractivity contribution < 1.29 is 0 Å². The third-order valence-electron chi connectivity index (χ3n) is 3.20. The third-order valence-corrected chi connectivity index (χ3v) is 3.45. The maximum atomic E-state index is 5.90. The van der Waals surface area contributed by atoms with Gasteiger partial charge in [0.15, 0.2) is 0 Å². The predicted octanol–water partition coefficient (Wildman–Crippen LogP) is 4.19. The van der Waals surface area contributed by atoms with Crippen LogP contribution < -0.4 is 5.32 Å². The second kappa shape index (κ2) is 8.01. The van der Waals surface area contributed by atoms with E-state index in [2.05, 4.69) is 47.4 Å². The fraction of sp³-hybridized carbons (Fsp3) is 0.353. The fourth-order valence-electron chi connectivity index (χ4n) is 2.14. The number of nitrogens with zero attached hydrogens (tertiary/aromatic N) is 2. The summed E-state index contributed by atoms with van der Waals surface area (Å²) in [4.78, 5) is 6.70. The predicted molar refractivity (Wildman–Crippen MR) is 89.6 cm³/mol. The molecule has 0 spiro atoms. The summed E-state index contributed by atoms with van der Waals surface area (Å²) in [7, 11) is 2.11. The van der Waals surface area contributed by atoms with Crippen LogP contribution in [0.25, 0.3) is 0 Å². The summed E-state index contributed by atoms with van der Waals surface area (Å²) >= 11 is 5.90. The summed E-state index contributed by atoms with van der Waals surface area (Å²) in [6.45, 7) is 4.88. The van der Waals surface area contributed by atoms with Gasteiger partial charge in [-0.1, -0.05) is 36.7 Å². The zero-order chi connectivity index (χ0) is 15.1. The normalized spacial score (nSPS) is 10.9. The van der Waals surface area contributed by atoms with Crippen LogP contribution in [0.1, 0.15) is 24.5 Å². The fourth-order valence-corrected chi connectivity index (χ4v) is 2.27. The molecular weight excluding hydrogens is 282 g/mol. The second-order valence-electron chi connectivity index (χ2n) is 5.28. The minimum absolute atomic E-state index is 0.778. The molecule has 0 unspecified atom stereocenters. The van der Waals surface area contributed by atoms with Crippen molar-refractivity contribution in [3.63, 3.8) is 0 Å². The number of benzene rings is 1. The lowest BCUT2D eigenvalue weighted by Gasteiger charge is -2.17. The number of halogens is 1. The van der Waals surface area contributed by atoms with E-state index in [4.69, 9.17) is 11.6 Å². The Morgan fingerprint density at radius 3 is 2.33 bits per heavy atom. The third kappa shape index (κ3) is 5.37. The lowest BCUT2D eigenvalue weighted by molar-refractivity contribution is 0.319. The number of hydrogen-bond donors (Lipinski definition) is 1. The molecule has 0 saturated heterocycles. The maximum absolute atomic E-state index is 5.90. The number of hydrogen-bond acceptors (Lipinski definition) is 3. The highest BCUT2D eigenvalue weighted by atomic mass is 35.5. The monoisotopic (exact) mass is 303 g/mol. The average molecular weight is 304 g/mol. The first-order valence-corrected chi connectivity index (χ1v) is 7.67. The Bertz CT molecular complexity index is 537. The molecule has 1 aromatic carbocycles. The molecule has 1 N–H and O–H groups in total. The van der Waals surface area contributed by atoms with Crippen molar-refractivity contribution in [3.05, 3.63) is 58.7 Å². The smallest absolute Gasteiger partial charge is 0.125 e. The van der Waals surface area contributed by atoms with Gasteiger partial charge in [0.25, 0.3) is 0 Å². The van der Waals surface area contributed by atoms with E-state index in [1.165, 1.54) is 11.1 Å². The van der Waals surface area contributed by atoms with Gasteiger partial charge in [0.1, 0.15) is 5.82 Å². The molecule has 0 fully saturated rings. The Morgan fingerprint density at radius 2 is 1.71 bits per heavy atom. The van der Waals surface area contributed by atoms with Crippen molar-refractivity contribution in [2.75, 3.05) is 18.9 Å². The highest BCUT2D eigenvalue weighted by molar-refractivity contribution is 6.30. The molecule has 2 aromatic rings. The van der Waals surface area contributed by atoms with Crippen molar-refractivity contribution in [1.82, 2.24) is 9.88 Å². The Balaban J connectivity index is 1.87. The van der Waals surface area contributed by atoms with Gasteiger partial charge in [-0.3, -0.25) is 4.90 Å². The molecule has 0 radical (unpaired) electrons. The van der Waals surface area contributed by atoms with Crippen LogP contribution >= 0.6 is 11.6 Å². The molecule has 3 nitrogen and oxygen atoms in total. The van der Waals surface area contributed by atoms with Crippen LogP contribution in [-0.2, 0) is 13.1 Å². The minimum atomic E-state index is 0.778. The van der Waals surface area contributed by atoms with Crippen LogP contribution in [0.5, 0.6) is 0 Å². The van der Waals surface area contributed by atoms with Crippen molar-refractivity contribution in [3.8, 4) is 0 Å². The molecule has 0 bridgehead atoms. The van der Waals surface area contributed by atoms with Gasteiger partial charge in [0.2, 0.25) is 0 Å². The molecule has 1 aromatic heterocycles. The van der Waals surface area contributed by atoms with E-state index >= 15 is 0 Å². The quantitative estimate of drug-likeness (QED) is 0.831. The van der Waals surface area contributed by atoms with Gasteiger partial charge < -0.3 is 5.32 Å². The molecule has 0 aliphatic rings. The van der Waals surface area contributed by atoms with Crippen LogP contribution in [0.15, 0.2) is 42.6 Å². The van der Waals surface area contributed by atoms with E-state index in [1.54, 1.807) is 0 Å². The largest absolute Gasteiger partial charge is 0.370 e. The standard InChI is InChI=1S/C17H22ClN3/c1-3-10-19-17-9-6-15(11-20-17)13-21(2)12-14-4-7-16(18)8-5-14/h4-9,11H,3,10,12-13H2,1-2H3,(H,19,20). The van der Waals surface area contributed by atoms with E-state index in [9.17, 15) is 0 Å². The minimum Gasteiger partial charge on any atom is -0.370 e. The summed E-state index contributed by atoms with van der Waals surface area (Å²) < 4.78 is 0. The van der Waals surface area contributed by atoms with Crippen LogP contribution in [0.4, 0.5) is 5.82 Å². The van der Waals surface area contributed by atoms with E-state index in [-0.39, 0.29) is 0 Å². The van der Waals surface area contributed by atoms with Gasteiger partial charge in [-0.2, -0.15) is 0 Å². The highest BCUT2D eigenvalue weighted by Crippen LogP contribution is 2.13. The van der Waals surface area contributed by atoms with Crippen LogP contribution in [0.2, 0.25) is 5.02 Å². The lowest BCUT2D eigenvalue weighted by atomic mass is 10.2. The van der Waals surface area contributed by atoms with E-state index < -0.39 is 0 Å². The first kappa shape index (κ1) is 15.8. The van der Waals surface area contributed by atoms with Crippen molar-refractivity contribution in [1.29, 1.82) is 0 Å². The van der Waals surface area contributed by atoms with Crippen molar-refractivity contribution in [2.45, 2.75) is 26.4 Å². The molecule has 0 saturated carbocycles. The Kier molecular flexibility index (Phi) is 6.03. The SMILES string of the molecule is CCCNc1ccc(CN(C)Cc2ccc(Cl)cc2)cn1. The number of aromatic nitrogens is 1. The van der Waals surface area contributed by atoms with E-state index in [0.717, 1.165) is 36.9 Å². The first-order chi connectivity index (χ1) is 10.2. The second-order valence-corrected chi connectivity index (χ2v) is 5.71. The molecular formula is C17H22ClN3. The molecule has 0 aliphatic heterocycles. The summed E-state index contributed by atoms with van der Waals surface area (Å²) in [6, 6.07) is 12.2. The van der Waals surface area contributed by atoms with Crippen LogP contribution in [0, 0.1) is 0 Å². The summed E-state index contributed by atoms with van der Waals surface area (Å²) in [5.74, 6) is 0.945. The first-order valence-electron chi connectivity index (χ1n) is 7.29. The van der Waals surface area contributed by atoms with Gasteiger partial charge in [-0.15, -0.1) is 0 Å².